The first-order valence-electron chi connectivity index (χ1n) is 13.4. The number of carbonyl (C=O) groups excluding carboxylic acids is 1. The molecular weight excluding hydrogens is 434 g/mol. The van der Waals surface area contributed by atoms with Crippen molar-refractivity contribution in [3.8, 4) is 17.1 Å². The van der Waals surface area contributed by atoms with Crippen LogP contribution >= 0.6 is 0 Å². The molecule has 2 aliphatic carbocycles. The maximum atomic E-state index is 13.9. The number of benzene rings is 2. The van der Waals surface area contributed by atoms with Crippen molar-refractivity contribution in [2.75, 3.05) is 7.11 Å². The van der Waals surface area contributed by atoms with Crippen molar-refractivity contribution in [3.63, 3.8) is 0 Å². The van der Waals surface area contributed by atoms with Crippen molar-refractivity contribution in [2.24, 2.45) is 17.6 Å². The average Bonchev–Trinajstić information content (AvgIpc) is 3.25. The Kier molecular flexibility index (Phi) is 6.61. The van der Waals surface area contributed by atoms with Gasteiger partial charge in [-0.2, -0.15) is 0 Å². The van der Waals surface area contributed by atoms with Crippen molar-refractivity contribution < 1.29 is 9.53 Å². The fourth-order valence-corrected chi connectivity index (χ4v) is 7.29. The zero-order valence-electron chi connectivity index (χ0n) is 21.5. The lowest BCUT2D eigenvalue weighted by molar-refractivity contribution is -0.135. The standard InChI is InChI=1S/C30H39N3O2/c1-20-18-22(19-21(2)27(20)35-3)28-32-25-16-10-11-17-26(25)33(28)30(29(31)34,23-12-6-4-7-13-23)24-14-8-5-9-15-24/h10-11,16-19,23-24H,4-9,12-15H2,1-3H3,(H2,31,34). The Hall–Kier alpha value is -2.82. The van der Waals surface area contributed by atoms with Crippen LogP contribution in [0.1, 0.15) is 75.3 Å². The van der Waals surface area contributed by atoms with E-state index in [1.54, 1.807) is 7.11 Å². The molecule has 1 aromatic heterocycles. The van der Waals surface area contributed by atoms with Gasteiger partial charge in [-0.15, -0.1) is 0 Å². The molecule has 0 aliphatic heterocycles. The van der Waals surface area contributed by atoms with Crippen molar-refractivity contribution in [1.29, 1.82) is 0 Å². The minimum atomic E-state index is -0.770. The number of carbonyl (C=O) groups is 1. The molecule has 2 aromatic carbocycles. The van der Waals surface area contributed by atoms with Crippen LogP contribution in [0.25, 0.3) is 22.4 Å². The maximum Gasteiger partial charge on any atom is 0.244 e. The fraction of sp³-hybridized carbons (Fsp3) is 0.533. The summed E-state index contributed by atoms with van der Waals surface area (Å²) in [5, 5.41) is 0. The van der Waals surface area contributed by atoms with Crippen molar-refractivity contribution in [1.82, 2.24) is 9.55 Å². The number of nitrogens with two attached hydrogens (primary N) is 1. The summed E-state index contributed by atoms with van der Waals surface area (Å²) in [6.07, 6.45) is 11.3. The van der Waals surface area contributed by atoms with E-state index >= 15 is 0 Å². The second-order valence-corrected chi connectivity index (χ2v) is 10.8. The highest BCUT2D eigenvalue weighted by atomic mass is 16.5. The molecule has 2 fully saturated rings. The SMILES string of the molecule is COc1c(C)cc(-c2nc3ccccc3n2C(C(N)=O)(C2CCCCC2)C2CCCCC2)cc1C. The number of aryl methyl sites for hydroxylation is 2. The molecule has 186 valence electrons. The summed E-state index contributed by atoms with van der Waals surface area (Å²) in [6.45, 7) is 4.15. The van der Waals surface area contributed by atoms with Gasteiger partial charge in [-0.3, -0.25) is 4.79 Å². The number of para-hydroxylation sites is 2. The van der Waals surface area contributed by atoms with E-state index in [2.05, 4.69) is 48.7 Å². The van der Waals surface area contributed by atoms with Gasteiger partial charge in [0.15, 0.2) is 0 Å². The van der Waals surface area contributed by atoms with Crippen molar-refractivity contribution in [3.05, 3.63) is 47.5 Å². The number of aromatic nitrogens is 2. The Morgan fingerprint density at radius 1 is 0.943 bits per heavy atom. The number of fused-ring (bicyclic) bond motifs is 1. The Balaban J connectivity index is 1.84. The third kappa shape index (κ3) is 3.93. The Bertz CT molecular complexity index is 1170. The Labute approximate surface area is 209 Å². The zero-order chi connectivity index (χ0) is 24.6. The van der Waals surface area contributed by atoms with Crippen molar-refractivity contribution >= 4 is 16.9 Å². The first-order valence-corrected chi connectivity index (χ1v) is 13.4. The number of imidazole rings is 1. The Morgan fingerprint density at radius 3 is 2.00 bits per heavy atom. The number of amides is 1. The molecule has 35 heavy (non-hydrogen) atoms. The molecule has 0 atom stereocenters. The summed E-state index contributed by atoms with van der Waals surface area (Å²) in [6, 6.07) is 12.6. The van der Waals surface area contributed by atoms with Gasteiger partial charge in [0, 0.05) is 5.56 Å². The fourth-order valence-electron chi connectivity index (χ4n) is 7.29. The molecule has 1 amide bonds. The number of primary amides is 1. The molecule has 0 unspecified atom stereocenters. The first-order chi connectivity index (χ1) is 17.0. The van der Waals surface area contributed by atoms with Crippen LogP contribution < -0.4 is 10.5 Å². The van der Waals surface area contributed by atoms with Crippen LogP contribution in [0, 0.1) is 25.7 Å². The second-order valence-electron chi connectivity index (χ2n) is 10.8. The minimum absolute atomic E-state index is 0.178. The molecule has 2 aliphatic rings. The largest absolute Gasteiger partial charge is 0.496 e. The number of hydrogen-bond acceptors (Lipinski definition) is 3. The number of hydrogen-bond donors (Lipinski definition) is 1. The van der Waals surface area contributed by atoms with E-state index in [1.807, 2.05) is 6.07 Å². The molecule has 0 spiro atoms. The van der Waals surface area contributed by atoms with Gasteiger partial charge in [-0.25, -0.2) is 4.98 Å². The third-order valence-corrected chi connectivity index (χ3v) is 8.70. The molecule has 5 heteroatoms. The van der Waals surface area contributed by atoms with E-state index in [0.29, 0.717) is 0 Å². The van der Waals surface area contributed by atoms with Gasteiger partial charge in [0.2, 0.25) is 5.91 Å². The molecule has 5 rings (SSSR count). The monoisotopic (exact) mass is 473 g/mol. The summed E-state index contributed by atoms with van der Waals surface area (Å²) < 4.78 is 7.95. The minimum Gasteiger partial charge on any atom is -0.496 e. The summed E-state index contributed by atoms with van der Waals surface area (Å²) in [4.78, 5) is 19.1. The maximum absolute atomic E-state index is 13.9. The predicted molar refractivity (Wildman–Crippen MR) is 142 cm³/mol. The van der Waals surface area contributed by atoms with Gasteiger partial charge < -0.3 is 15.0 Å². The number of nitrogens with zero attached hydrogens (tertiary/aromatic N) is 2. The van der Waals surface area contributed by atoms with Crippen LogP contribution in [0.3, 0.4) is 0 Å². The zero-order valence-corrected chi connectivity index (χ0v) is 21.5. The normalized spacial score (nSPS) is 18.1. The molecule has 0 radical (unpaired) electrons. The van der Waals surface area contributed by atoms with Gasteiger partial charge >= 0.3 is 0 Å². The molecule has 1 heterocycles. The van der Waals surface area contributed by atoms with E-state index in [9.17, 15) is 4.79 Å². The molecule has 0 saturated heterocycles. The molecular formula is C30H39N3O2. The summed E-state index contributed by atoms with van der Waals surface area (Å²) in [5.74, 6) is 2.04. The van der Waals surface area contributed by atoms with Crippen LogP contribution in [0.4, 0.5) is 0 Å². The predicted octanol–water partition coefficient (Wildman–Crippen LogP) is 6.67. The van der Waals surface area contributed by atoms with E-state index in [-0.39, 0.29) is 17.7 Å². The highest BCUT2D eigenvalue weighted by Gasteiger charge is 2.53. The van der Waals surface area contributed by atoms with E-state index in [0.717, 1.165) is 90.7 Å². The van der Waals surface area contributed by atoms with Gasteiger partial charge in [0.05, 0.1) is 18.1 Å². The van der Waals surface area contributed by atoms with Gasteiger partial charge in [0.25, 0.3) is 0 Å². The van der Waals surface area contributed by atoms with E-state index < -0.39 is 5.54 Å². The molecule has 2 saturated carbocycles. The summed E-state index contributed by atoms with van der Waals surface area (Å²) >= 11 is 0. The summed E-state index contributed by atoms with van der Waals surface area (Å²) in [7, 11) is 1.72. The van der Waals surface area contributed by atoms with E-state index in [1.165, 1.54) is 12.8 Å². The molecule has 3 aromatic rings. The van der Waals surface area contributed by atoms with Crippen LogP contribution in [-0.2, 0) is 10.3 Å². The quantitative estimate of drug-likeness (QED) is 0.435. The van der Waals surface area contributed by atoms with Crippen molar-refractivity contribution in [2.45, 2.75) is 83.6 Å². The van der Waals surface area contributed by atoms with Crippen LogP contribution in [0.5, 0.6) is 5.75 Å². The smallest absolute Gasteiger partial charge is 0.244 e. The second kappa shape index (κ2) is 9.67. The third-order valence-electron chi connectivity index (χ3n) is 8.70. The molecule has 2 N–H and O–H groups in total. The number of rotatable bonds is 6. The van der Waals surface area contributed by atoms with Crippen LogP contribution in [-0.4, -0.2) is 22.6 Å². The highest BCUT2D eigenvalue weighted by Crippen LogP contribution is 2.50. The number of ether oxygens (including phenoxy) is 1. The lowest BCUT2D eigenvalue weighted by Gasteiger charge is -2.48. The van der Waals surface area contributed by atoms with Crippen LogP contribution in [0.2, 0.25) is 0 Å². The van der Waals surface area contributed by atoms with Gasteiger partial charge in [-0.05, 0) is 86.8 Å². The lowest BCUT2D eigenvalue weighted by atomic mass is 9.63. The van der Waals surface area contributed by atoms with Gasteiger partial charge in [-0.1, -0.05) is 50.7 Å². The highest BCUT2D eigenvalue weighted by molar-refractivity contribution is 5.90. The molecule has 5 nitrogen and oxygen atoms in total. The van der Waals surface area contributed by atoms with Gasteiger partial charge in [0.1, 0.15) is 17.1 Å². The Morgan fingerprint density at radius 2 is 1.49 bits per heavy atom. The topological polar surface area (TPSA) is 70.1 Å². The summed E-state index contributed by atoms with van der Waals surface area (Å²) in [5.41, 5.74) is 10.9. The first kappa shape index (κ1) is 23.9. The average molecular weight is 474 g/mol. The molecule has 0 bridgehead atoms. The lowest BCUT2D eigenvalue weighted by Crippen LogP contribution is -2.58. The van der Waals surface area contributed by atoms with E-state index in [4.69, 9.17) is 15.5 Å². The van der Waals surface area contributed by atoms with Crippen LogP contribution in [0.15, 0.2) is 36.4 Å². The number of methoxy groups -OCH3 is 1.